The lowest BCUT2D eigenvalue weighted by molar-refractivity contribution is 0.852. The van der Waals surface area contributed by atoms with Gasteiger partial charge in [0.2, 0.25) is 0 Å². The average molecular weight is 287 g/mol. The molecule has 17 heavy (non-hydrogen) atoms. The van der Waals surface area contributed by atoms with Crippen LogP contribution in [0, 0.1) is 13.8 Å². The Labute approximate surface area is 114 Å². The van der Waals surface area contributed by atoms with Crippen LogP contribution >= 0.6 is 34.5 Å². The van der Waals surface area contributed by atoms with Crippen molar-refractivity contribution in [2.45, 2.75) is 19.9 Å². The Bertz CT molecular complexity index is 512. The van der Waals surface area contributed by atoms with E-state index in [0.29, 0.717) is 10.0 Å². The number of rotatable bonds is 2. The molecule has 0 saturated heterocycles. The van der Waals surface area contributed by atoms with E-state index in [0.717, 1.165) is 16.3 Å². The van der Waals surface area contributed by atoms with E-state index in [1.807, 2.05) is 26.0 Å². The molecule has 1 aromatic heterocycles. The number of hydrogen-bond donors (Lipinski definition) is 1. The van der Waals surface area contributed by atoms with Crippen molar-refractivity contribution in [1.29, 1.82) is 0 Å². The van der Waals surface area contributed by atoms with Crippen LogP contribution in [-0.4, -0.2) is 4.98 Å². The summed E-state index contributed by atoms with van der Waals surface area (Å²) in [6, 6.07) is 5.06. The van der Waals surface area contributed by atoms with Crippen molar-refractivity contribution in [3.8, 4) is 0 Å². The molecule has 2 N–H and O–H groups in total. The summed E-state index contributed by atoms with van der Waals surface area (Å²) < 4.78 is 0. The first kappa shape index (κ1) is 12.8. The van der Waals surface area contributed by atoms with Crippen LogP contribution in [0.3, 0.4) is 0 Å². The zero-order chi connectivity index (χ0) is 12.6. The van der Waals surface area contributed by atoms with Crippen molar-refractivity contribution in [2.75, 3.05) is 0 Å². The van der Waals surface area contributed by atoms with Crippen molar-refractivity contribution >= 4 is 34.5 Å². The zero-order valence-corrected chi connectivity index (χ0v) is 11.8. The molecule has 2 nitrogen and oxygen atoms in total. The van der Waals surface area contributed by atoms with E-state index in [2.05, 4.69) is 4.98 Å². The van der Waals surface area contributed by atoms with Crippen LogP contribution in [-0.2, 0) is 0 Å². The molecule has 1 heterocycles. The number of halogens is 2. The lowest BCUT2D eigenvalue weighted by Crippen LogP contribution is -2.11. The molecular weight excluding hydrogens is 275 g/mol. The third-order valence-corrected chi connectivity index (χ3v) is 4.15. The van der Waals surface area contributed by atoms with Crippen molar-refractivity contribution in [2.24, 2.45) is 5.73 Å². The maximum atomic E-state index is 6.17. The first-order valence-corrected chi connectivity index (χ1v) is 6.70. The Morgan fingerprint density at radius 3 is 2.24 bits per heavy atom. The van der Waals surface area contributed by atoms with Gasteiger partial charge in [-0.3, -0.25) is 0 Å². The van der Waals surface area contributed by atoms with Gasteiger partial charge < -0.3 is 5.73 Å². The molecule has 90 valence electrons. The van der Waals surface area contributed by atoms with Crippen LogP contribution in [0.1, 0.15) is 27.2 Å². The van der Waals surface area contributed by atoms with Gasteiger partial charge in [-0.2, -0.15) is 0 Å². The van der Waals surface area contributed by atoms with Gasteiger partial charge in [-0.25, -0.2) is 4.98 Å². The normalized spacial score (nSPS) is 12.8. The highest BCUT2D eigenvalue weighted by Crippen LogP contribution is 2.29. The second-order valence-electron chi connectivity index (χ2n) is 3.87. The van der Waals surface area contributed by atoms with E-state index in [4.69, 9.17) is 28.9 Å². The number of aryl methyl sites for hydroxylation is 2. The minimum Gasteiger partial charge on any atom is -0.318 e. The number of nitrogens with two attached hydrogens (primary N) is 1. The van der Waals surface area contributed by atoms with Crippen LogP contribution in [0.4, 0.5) is 0 Å². The van der Waals surface area contributed by atoms with Crippen LogP contribution < -0.4 is 5.73 Å². The fraction of sp³-hybridized carbons (Fsp3) is 0.250. The van der Waals surface area contributed by atoms with Gasteiger partial charge in [0.25, 0.3) is 0 Å². The third-order valence-electron chi connectivity index (χ3n) is 2.56. The Hall–Kier alpha value is -0.610. The molecule has 1 unspecified atom stereocenters. The van der Waals surface area contributed by atoms with Crippen LogP contribution in [0.25, 0.3) is 0 Å². The van der Waals surface area contributed by atoms with Crippen molar-refractivity contribution in [1.82, 2.24) is 4.98 Å². The van der Waals surface area contributed by atoms with E-state index in [-0.39, 0.29) is 6.04 Å². The smallest absolute Gasteiger partial charge is 0.114 e. The molecule has 0 bridgehead atoms. The lowest BCUT2D eigenvalue weighted by Gasteiger charge is -2.09. The zero-order valence-electron chi connectivity index (χ0n) is 9.50. The highest BCUT2D eigenvalue weighted by molar-refractivity contribution is 7.11. The van der Waals surface area contributed by atoms with Gasteiger partial charge in [-0.1, -0.05) is 23.2 Å². The summed E-state index contributed by atoms with van der Waals surface area (Å²) in [5.74, 6) is 0. The maximum Gasteiger partial charge on any atom is 0.114 e. The standard InChI is InChI=1S/C12H12Cl2N2S/c1-6-7(2)17-12(16-6)11(15)8-3-9(13)5-10(14)4-8/h3-5,11H,15H2,1-2H3. The lowest BCUT2D eigenvalue weighted by atomic mass is 10.1. The van der Waals surface area contributed by atoms with Crippen molar-refractivity contribution in [3.05, 3.63) is 49.4 Å². The van der Waals surface area contributed by atoms with Gasteiger partial charge in [0, 0.05) is 14.9 Å². The predicted octanol–water partition coefficient (Wildman–Crippen LogP) is 4.11. The summed E-state index contributed by atoms with van der Waals surface area (Å²) in [6.45, 7) is 4.02. The Morgan fingerprint density at radius 1 is 1.18 bits per heavy atom. The monoisotopic (exact) mass is 286 g/mol. The molecular formula is C12H12Cl2N2S. The Morgan fingerprint density at radius 2 is 1.76 bits per heavy atom. The molecule has 0 fully saturated rings. The van der Waals surface area contributed by atoms with Crippen molar-refractivity contribution < 1.29 is 0 Å². The molecule has 1 aromatic carbocycles. The molecule has 0 amide bonds. The molecule has 0 aliphatic carbocycles. The van der Waals surface area contributed by atoms with Gasteiger partial charge in [0.05, 0.1) is 11.7 Å². The van der Waals surface area contributed by atoms with Gasteiger partial charge in [-0.05, 0) is 37.6 Å². The van der Waals surface area contributed by atoms with E-state index in [1.54, 1.807) is 17.4 Å². The summed E-state index contributed by atoms with van der Waals surface area (Å²) in [5, 5.41) is 2.07. The SMILES string of the molecule is Cc1nc(C(N)c2cc(Cl)cc(Cl)c2)sc1C. The fourth-order valence-electron chi connectivity index (χ4n) is 1.53. The first-order valence-electron chi connectivity index (χ1n) is 5.13. The topological polar surface area (TPSA) is 38.9 Å². The third kappa shape index (κ3) is 2.80. The van der Waals surface area contributed by atoms with Gasteiger partial charge >= 0.3 is 0 Å². The van der Waals surface area contributed by atoms with Crippen LogP contribution in [0.2, 0.25) is 10.0 Å². The Balaban J connectivity index is 2.39. The quantitative estimate of drug-likeness (QED) is 0.902. The van der Waals surface area contributed by atoms with Crippen LogP contribution in [0.15, 0.2) is 18.2 Å². The highest BCUT2D eigenvalue weighted by Gasteiger charge is 2.15. The first-order chi connectivity index (χ1) is 7.97. The molecule has 1 atom stereocenters. The van der Waals surface area contributed by atoms with E-state index < -0.39 is 0 Å². The maximum absolute atomic E-state index is 6.17. The second kappa shape index (κ2) is 4.94. The molecule has 2 aromatic rings. The summed E-state index contributed by atoms with van der Waals surface area (Å²) in [7, 11) is 0. The molecule has 0 spiro atoms. The van der Waals surface area contributed by atoms with Crippen LogP contribution in [0.5, 0.6) is 0 Å². The number of benzene rings is 1. The summed E-state index contributed by atoms with van der Waals surface area (Å²) in [4.78, 5) is 5.64. The van der Waals surface area contributed by atoms with Gasteiger partial charge in [0.15, 0.2) is 0 Å². The fourth-order valence-corrected chi connectivity index (χ4v) is 3.02. The minimum absolute atomic E-state index is 0.274. The van der Waals surface area contributed by atoms with Crippen molar-refractivity contribution in [3.63, 3.8) is 0 Å². The largest absolute Gasteiger partial charge is 0.318 e. The minimum atomic E-state index is -0.274. The molecule has 0 radical (unpaired) electrons. The van der Waals surface area contributed by atoms with E-state index >= 15 is 0 Å². The average Bonchev–Trinajstić information content (AvgIpc) is 2.57. The summed E-state index contributed by atoms with van der Waals surface area (Å²) in [6.07, 6.45) is 0. The molecule has 0 aliphatic rings. The number of nitrogens with zero attached hydrogens (tertiary/aromatic N) is 1. The van der Waals surface area contributed by atoms with E-state index in [1.165, 1.54) is 4.88 Å². The second-order valence-corrected chi connectivity index (χ2v) is 5.98. The molecule has 5 heteroatoms. The number of hydrogen-bond acceptors (Lipinski definition) is 3. The molecule has 0 saturated carbocycles. The van der Waals surface area contributed by atoms with Gasteiger partial charge in [-0.15, -0.1) is 11.3 Å². The number of thiazole rings is 1. The predicted molar refractivity (Wildman–Crippen MR) is 74.1 cm³/mol. The highest BCUT2D eigenvalue weighted by atomic mass is 35.5. The summed E-state index contributed by atoms with van der Waals surface area (Å²) in [5.41, 5.74) is 8.07. The molecule has 0 aliphatic heterocycles. The van der Waals surface area contributed by atoms with E-state index in [9.17, 15) is 0 Å². The van der Waals surface area contributed by atoms with Gasteiger partial charge in [0.1, 0.15) is 5.01 Å². The summed E-state index contributed by atoms with van der Waals surface area (Å²) >= 11 is 13.5. The molecule has 2 rings (SSSR count). The number of aromatic nitrogens is 1. The Kier molecular flexibility index (Phi) is 3.73.